The average Bonchev–Trinajstić information content (AvgIpc) is 2.91. The van der Waals surface area contributed by atoms with E-state index in [-0.39, 0.29) is 30.2 Å². The molecule has 0 aromatic heterocycles. The van der Waals surface area contributed by atoms with Crippen LogP contribution in [0.5, 0.6) is 0 Å². The second-order valence-corrected chi connectivity index (χ2v) is 5.04. The molecule has 1 unspecified atom stereocenters. The summed E-state index contributed by atoms with van der Waals surface area (Å²) in [6.45, 7) is 0.858. The normalized spacial score (nSPS) is 19.5. The van der Waals surface area contributed by atoms with Gasteiger partial charge in [0.25, 0.3) is 0 Å². The quantitative estimate of drug-likeness (QED) is 0.871. The van der Waals surface area contributed by atoms with Crippen LogP contribution < -0.4 is 5.32 Å². The predicted octanol–water partition coefficient (Wildman–Crippen LogP) is 0.969. The van der Waals surface area contributed by atoms with Gasteiger partial charge in [0.15, 0.2) is 0 Å². The van der Waals surface area contributed by atoms with Crippen LogP contribution in [0.1, 0.15) is 18.0 Å². The molecule has 5 heteroatoms. The lowest BCUT2D eigenvalue weighted by Gasteiger charge is -2.29. The van der Waals surface area contributed by atoms with E-state index in [0.29, 0.717) is 13.2 Å². The molecule has 0 radical (unpaired) electrons. The van der Waals surface area contributed by atoms with E-state index in [4.69, 9.17) is 4.74 Å². The van der Waals surface area contributed by atoms with Crippen molar-refractivity contribution in [2.45, 2.75) is 12.5 Å². The van der Waals surface area contributed by atoms with Crippen molar-refractivity contribution in [2.24, 2.45) is 5.92 Å². The monoisotopic (exact) mass is 276 g/mol. The Labute approximate surface area is 118 Å². The highest BCUT2D eigenvalue weighted by molar-refractivity contribution is 5.89. The number of methoxy groups -OCH3 is 1. The van der Waals surface area contributed by atoms with Gasteiger partial charge in [-0.15, -0.1) is 0 Å². The molecule has 1 aromatic carbocycles. The van der Waals surface area contributed by atoms with Crippen LogP contribution in [0.25, 0.3) is 0 Å². The number of nitrogens with zero attached hydrogens (tertiary/aromatic N) is 1. The van der Waals surface area contributed by atoms with Crippen molar-refractivity contribution in [3.8, 4) is 0 Å². The number of benzene rings is 1. The first kappa shape index (κ1) is 14.5. The summed E-state index contributed by atoms with van der Waals surface area (Å²) in [5.74, 6) is -0.343. The zero-order valence-electron chi connectivity index (χ0n) is 11.8. The van der Waals surface area contributed by atoms with E-state index in [1.807, 2.05) is 30.3 Å². The smallest absolute Gasteiger partial charge is 0.228 e. The van der Waals surface area contributed by atoms with Gasteiger partial charge in [0.1, 0.15) is 0 Å². The number of hydrogen-bond donors (Lipinski definition) is 1. The molecule has 1 saturated heterocycles. The van der Waals surface area contributed by atoms with Gasteiger partial charge < -0.3 is 15.0 Å². The standard InChI is InChI=1S/C15H20N2O3/c1-17(15(19)12-8-14(18)16-9-12)13(10-20-2)11-6-4-3-5-7-11/h3-7,12-13H,8-10H2,1-2H3,(H,16,18)/t12?,13-/m0/s1. The second-order valence-electron chi connectivity index (χ2n) is 5.04. The van der Waals surface area contributed by atoms with Gasteiger partial charge in [0, 0.05) is 27.1 Å². The predicted molar refractivity (Wildman–Crippen MR) is 74.9 cm³/mol. The largest absolute Gasteiger partial charge is 0.382 e. The fourth-order valence-corrected chi connectivity index (χ4v) is 2.49. The molecular weight excluding hydrogens is 256 g/mol. The molecular formula is C15H20N2O3. The lowest BCUT2D eigenvalue weighted by atomic mass is 10.0. The summed E-state index contributed by atoms with van der Waals surface area (Å²) in [6.07, 6.45) is 0.275. The number of amides is 2. The number of ether oxygens (including phenoxy) is 1. The number of nitrogens with one attached hydrogen (secondary N) is 1. The van der Waals surface area contributed by atoms with Gasteiger partial charge in [-0.25, -0.2) is 0 Å². The number of rotatable bonds is 5. The van der Waals surface area contributed by atoms with Crippen LogP contribution in [0.4, 0.5) is 0 Å². The first-order chi connectivity index (χ1) is 9.63. The van der Waals surface area contributed by atoms with Crippen molar-refractivity contribution in [1.82, 2.24) is 10.2 Å². The molecule has 1 aromatic rings. The minimum Gasteiger partial charge on any atom is -0.382 e. The summed E-state index contributed by atoms with van der Waals surface area (Å²) in [4.78, 5) is 25.4. The van der Waals surface area contributed by atoms with Crippen molar-refractivity contribution in [2.75, 3.05) is 27.3 Å². The molecule has 0 aliphatic carbocycles. The van der Waals surface area contributed by atoms with Crippen molar-refractivity contribution in [3.63, 3.8) is 0 Å². The Kier molecular flexibility index (Phi) is 4.74. The maximum atomic E-state index is 12.5. The molecule has 1 fully saturated rings. The Morgan fingerprint density at radius 3 is 2.70 bits per heavy atom. The van der Waals surface area contributed by atoms with Gasteiger partial charge in [-0.05, 0) is 5.56 Å². The molecule has 2 rings (SSSR count). The highest BCUT2D eigenvalue weighted by Crippen LogP contribution is 2.23. The van der Waals surface area contributed by atoms with Crippen LogP contribution in [-0.4, -0.2) is 44.0 Å². The minimum absolute atomic E-state index is 0.0192. The second kappa shape index (κ2) is 6.52. The SMILES string of the molecule is COC[C@@H](c1ccccc1)N(C)C(=O)C1CNC(=O)C1. The van der Waals surface area contributed by atoms with Crippen LogP contribution in [0.15, 0.2) is 30.3 Å². The summed E-state index contributed by atoms with van der Waals surface area (Å²) in [7, 11) is 3.39. The Balaban J connectivity index is 2.12. The van der Waals surface area contributed by atoms with Crippen LogP contribution in [0.2, 0.25) is 0 Å². The van der Waals surface area contributed by atoms with E-state index in [2.05, 4.69) is 5.32 Å². The van der Waals surface area contributed by atoms with Crippen molar-refractivity contribution >= 4 is 11.8 Å². The van der Waals surface area contributed by atoms with Gasteiger partial charge in [0.2, 0.25) is 11.8 Å². The minimum atomic E-state index is -0.268. The Morgan fingerprint density at radius 1 is 1.45 bits per heavy atom. The molecule has 0 bridgehead atoms. The third kappa shape index (κ3) is 3.17. The Morgan fingerprint density at radius 2 is 2.15 bits per heavy atom. The van der Waals surface area contributed by atoms with Gasteiger partial charge in [-0.2, -0.15) is 0 Å². The van der Waals surface area contributed by atoms with E-state index in [9.17, 15) is 9.59 Å². The topological polar surface area (TPSA) is 58.6 Å². The summed E-state index contributed by atoms with van der Waals surface area (Å²) in [6, 6.07) is 9.64. The van der Waals surface area contributed by atoms with E-state index in [1.54, 1.807) is 19.1 Å². The zero-order chi connectivity index (χ0) is 14.5. The molecule has 5 nitrogen and oxygen atoms in total. The molecule has 1 aliphatic heterocycles. The summed E-state index contributed by atoms with van der Waals surface area (Å²) < 4.78 is 5.24. The molecule has 20 heavy (non-hydrogen) atoms. The van der Waals surface area contributed by atoms with Crippen molar-refractivity contribution < 1.29 is 14.3 Å². The van der Waals surface area contributed by atoms with Gasteiger partial charge in [-0.3, -0.25) is 9.59 Å². The first-order valence-electron chi connectivity index (χ1n) is 6.70. The van der Waals surface area contributed by atoms with Gasteiger partial charge in [-0.1, -0.05) is 30.3 Å². The maximum absolute atomic E-state index is 12.5. The van der Waals surface area contributed by atoms with Crippen LogP contribution in [0, 0.1) is 5.92 Å². The molecule has 108 valence electrons. The van der Waals surface area contributed by atoms with Crippen LogP contribution >= 0.6 is 0 Å². The van der Waals surface area contributed by atoms with Crippen molar-refractivity contribution in [1.29, 1.82) is 0 Å². The van der Waals surface area contributed by atoms with Gasteiger partial charge >= 0.3 is 0 Å². The number of likely N-dealkylation sites (N-methyl/N-ethyl adjacent to an activating group) is 1. The molecule has 1 N–H and O–H groups in total. The summed E-state index contributed by atoms with van der Waals surface area (Å²) in [5.41, 5.74) is 1.03. The van der Waals surface area contributed by atoms with Crippen LogP contribution in [0.3, 0.4) is 0 Å². The van der Waals surface area contributed by atoms with E-state index in [0.717, 1.165) is 5.56 Å². The first-order valence-corrected chi connectivity index (χ1v) is 6.70. The maximum Gasteiger partial charge on any atom is 0.228 e. The lowest BCUT2D eigenvalue weighted by molar-refractivity contribution is -0.137. The molecule has 0 spiro atoms. The number of carbonyl (C=O) groups excluding carboxylic acids is 2. The highest BCUT2D eigenvalue weighted by atomic mass is 16.5. The highest BCUT2D eigenvalue weighted by Gasteiger charge is 2.33. The lowest BCUT2D eigenvalue weighted by Crippen LogP contribution is -2.38. The third-order valence-electron chi connectivity index (χ3n) is 3.65. The molecule has 2 amide bonds. The Hall–Kier alpha value is -1.88. The summed E-state index contributed by atoms with van der Waals surface area (Å²) >= 11 is 0. The molecule has 2 atom stereocenters. The average molecular weight is 276 g/mol. The molecule has 0 saturated carbocycles. The number of hydrogen-bond acceptors (Lipinski definition) is 3. The van der Waals surface area contributed by atoms with Crippen LogP contribution in [-0.2, 0) is 14.3 Å². The number of carbonyl (C=O) groups is 2. The fourth-order valence-electron chi connectivity index (χ4n) is 2.49. The van der Waals surface area contributed by atoms with E-state index in [1.165, 1.54) is 0 Å². The molecule has 1 aliphatic rings. The zero-order valence-corrected chi connectivity index (χ0v) is 11.8. The van der Waals surface area contributed by atoms with E-state index >= 15 is 0 Å². The van der Waals surface area contributed by atoms with E-state index < -0.39 is 0 Å². The van der Waals surface area contributed by atoms with Gasteiger partial charge in [0.05, 0.1) is 18.6 Å². The van der Waals surface area contributed by atoms with Crippen molar-refractivity contribution in [3.05, 3.63) is 35.9 Å². The third-order valence-corrected chi connectivity index (χ3v) is 3.65. The fraction of sp³-hybridized carbons (Fsp3) is 0.467. The Bertz CT molecular complexity index is 475. The summed E-state index contributed by atoms with van der Waals surface area (Å²) in [5, 5.41) is 2.70. The molecule has 1 heterocycles.